The molecule has 174 valence electrons. The van der Waals surface area contributed by atoms with E-state index in [0.717, 1.165) is 46.2 Å². The van der Waals surface area contributed by atoms with E-state index in [-0.39, 0.29) is 0 Å². The monoisotopic (exact) mass is 459 g/mol. The summed E-state index contributed by atoms with van der Waals surface area (Å²) in [4.78, 5) is 43.5. The standard InChI is InChI=1S/C24H25N7O3/c1-29(23(25)33)22(32)17-5-2-4-16(14-17)20-19-7-9-31(18-6-3-8-26-15-18)21(19)28-24(27-20)30-10-12-34-13-11-30/h2-6,8,14-15H,7,9-13H2,1H3,(H2,25,33). The lowest BCUT2D eigenvalue weighted by Gasteiger charge is -2.28. The lowest BCUT2D eigenvalue weighted by molar-refractivity contribution is 0.0838. The van der Waals surface area contributed by atoms with Gasteiger partial charge in [-0.15, -0.1) is 0 Å². The van der Waals surface area contributed by atoms with Crippen LogP contribution in [0.5, 0.6) is 0 Å². The maximum absolute atomic E-state index is 12.7. The zero-order valence-corrected chi connectivity index (χ0v) is 18.8. The van der Waals surface area contributed by atoms with Crippen molar-refractivity contribution in [3.8, 4) is 11.3 Å². The summed E-state index contributed by atoms with van der Waals surface area (Å²) < 4.78 is 5.51. The summed E-state index contributed by atoms with van der Waals surface area (Å²) in [5.41, 5.74) is 9.18. The molecule has 10 nitrogen and oxygen atoms in total. The van der Waals surface area contributed by atoms with E-state index in [2.05, 4.69) is 14.8 Å². The van der Waals surface area contributed by atoms with Crippen LogP contribution >= 0.6 is 0 Å². The van der Waals surface area contributed by atoms with Gasteiger partial charge < -0.3 is 20.3 Å². The fourth-order valence-corrected chi connectivity index (χ4v) is 4.25. The number of ether oxygens (including phenoxy) is 1. The highest BCUT2D eigenvalue weighted by atomic mass is 16.5. The summed E-state index contributed by atoms with van der Waals surface area (Å²) in [5.74, 6) is 0.995. The number of amides is 3. The van der Waals surface area contributed by atoms with Crippen LogP contribution in [-0.4, -0.2) is 71.7 Å². The number of hydrogen-bond acceptors (Lipinski definition) is 8. The van der Waals surface area contributed by atoms with Crippen molar-refractivity contribution in [3.63, 3.8) is 0 Å². The minimum absolute atomic E-state index is 0.362. The van der Waals surface area contributed by atoms with Crippen LogP contribution in [0.25, 0.3) is 11.3 Å². The van der Waals surface area contributed by atoms with Crippen molar-refractivity contribution in [3.05, 3.63) is 59.9 Å². The van der Waals surface area contributed by atoms with Gasteiger partial charge in [-0.25, -0.2) is 9.78 Å². The molecular weight excluding hydrogens is 434 g/mol. The van der Waals surface area contributed by atoms with Crippen molar-refractivity contribution in [2.45, 2.75) is 6.42 Å². The number of carbonyl (C=O) groups is 2. The van der Waals surface area contributed by atoms with E-state index in [0.29, 0.717) is 37.8 Å². The number of primary amides is 1. The van der Waals surface area contributed by atoms with Crippen LogP contribution in [-0.2, 0) is 11.2 Å². The molecule has 0 radical (unpaired) electrons. The summed E-state index contributed by atoms with van der Waals surface area (Å²) in [6.07, 6.45) is 4.32. The van der Waals surface area contributed by atoms with Crippen molar-refractivity contribution in [1.82, 2.24) is 19.9 Å². The largest absolute Gasteiger partial charge is 0.378 e. The minimum atomic E-state index is -0.806. The molecule has 2 aromatic heterocycles. The summed E-state index contributed by atoms with van der Waals surface area (Å²) >= 11 is 0. The minimum Gasteiger partial charge on any atom is -0.378 e. The number of urea groups is 1. The quantitative estimate of drug-likeness (QED) is 0.631. The van der Waals surface area contributed by atoms with E-state index < -0.39 is 11.9 Å². The predicted octanol–water partition coefficient (Wildman–Crippen LogP) is 2.22. The van der Waals surface area contributed by atoms with Gasteiger partial charge in [0.25, 0.3) is 5.91 Å². The first kappa shape index (κ1) is 21.8. The molecule has 2 aliphatic rings. The van der Waals surface area contributed by atoms with E-state index in [1.807, 2.05) is 24.4 Å². The number of hydrogen-bond donors (Lipinski definition) is 1. The summed E-state index contributed by atoms with van der Waals surface area (Å²) in [5, 5.41) is 0. The molecule has 0 saturated carbocycles. The Bertz CT molecular complexity index is 1230. The lowest BCUT2D eigenvalue weighted by atomic mass is 10.0. The van der Waals surface area contributed by atoms with E-state index in [1.165, 1.54) is 7.05 Å². The maximum atomic E-state index is 12.7. The fraction of sp³-hybridized carbons (Fsp3) is 0.292. The van der Waals surface area contributed by atoms with Gasteiger partial charge in [0.2, 0.25) is 5.95 Å². The lowest BCUT2D eigenvalue weighted by Crippen LogP contribution is -2.37. The highest BCUT2D eigenvalue weighted by molar-refractivity contribution is 6.04. The normalized spacial score (nSPS) is 15.2. The van der Waals surface area contributed by atoms with Crippen molar-refractivity contribution < 1.29 is 14.3 Å². The van der Waals surface area contributed by atoms with Gasteiger partial charge >= 0.3 is 6.03 Å². The van der Waals surface area contributed by atoms with Gasteiger partial charge in [0, 0.05) is 49.6 Å². The van der Waals surface area contributed by atoms with Gasteiger partial charge in [-0.2, -0.15) is 4.98 Å². The first-order valence-electron chi connectivity index (χ1n) is 11.1. The second kappa shape index (κ2) is 9.06. The number of anilines is 3. The third kappa shape index (κ3) is 4.03. The molecule has 0 aliphatic carbocycles. The Morgan fingerprint density at radius 1 is 1.09 bits per heavy atom. The Morgan fingerprint density at radius 2 is 1.91 bits per heavy atom. The van der Waals surface area contributed by atoms with Crippen LogP contribution in [0.15, 0.2) is 48.8 Å². The molecule has 1 aromatic carbocycles. The molecule has 0 spiro atoms. The third-order valence-electron chi connectivity index (χ3n) is 6.08. The number of nitrogens with zero attached hydrogens (tertiary/aromatic N) is 6. The van der Waals surface area contributed by atoms with Gasteiger partial charge in [0.05, 0.1) is 30.8 Å². The fourth-order valence-electron chi connectivity index (χ4n) is 4.25. The van der Waals surface area contributed by atoms with E-state index in [1.54, 1.807) is 24.4 Å². The summed E-state index contributed by atoms with van der Waals surface area (Å²) in [6, 6.07) is 10.2. The number of aromatic nitrogens is 3. The van der Waals surface area contributed by atoms with Crippen LogP contribution < -0.4 is 15.5 Å². The van der Waals surface area contributed by atoms with Crippen molar-refractivity contribution in [2.75, 3.05) is 49.7 Å². The molecule has 2 aliphatic heterocycles. The van der Waals surface area contributed by atoms with Crippen molar-refractivity contribution in [2.24, 2.45) is 5.73 Å². The molecule has 0 atom stereocenters. The van der Waals surface area contributed by atoms with Crippen LogP contribution in [0.4, 0.5) is 22.2 Å². The Morgan fingerprint density at radius 3 is 2.65 bits per heavy atom. The van der Waals surface area contributed by atoms with Crippen molar-refractivity contribution >= 4 is 29.4 Å². The number of pyridine rings is 1. The van der Waals surface area contributed by atoms with E-state index >= 15 is 0 Å². The number of morpholine rings is 1. The average molecular weight is 460 g/mol. The molecule has 10 heteroatoms. The predicted molar refractivity (Wildman–Crippen MR) is 127 cm³/mol. The molecule has 2 N–H and O–H groups in total. The molecule has 0 unspecified atom stereocenters. The number of carbonyl (C=O) groups excluding carboxylic acids is 2. The van der Waals surface area contributed by atoms with E-state index in [9.17, 15) is 9.59 Å². The molecule has 0 bridgehead atoms. The molecule has 34 heavy (non-hydrogen) atoms. The van der Waals surface area contributed by atoms with Gasteiger partial charge in [-0.05, 0) is 30.7 Å². The zero-order valence-electron chi connectivity index (χ0n) is 18.8. The molecule has 1 fully saturated rings. The Kier molecular flexibility index (Phi) is 5.81. The van der Waals surface area contributed by atoms with Gasteiger partial charge in [-0.1, -0.05) is 12.1 Å². The number of imide groups is 1. The molecule has 3 aromatic rings. The average Bonchev–Trinajstić information content (AvgIpc) is 3.32. The molecule has 3 amide bonds. The number of benzene rings is 1. The van der Waals surface area contributed by atoms with Crippen LogP contribution in [0.1, 0.15) is 15.9 Å². The zero-order chi connectivity index (χ0) is 23.7. The van der Waals surface area contributed by atoms with Gasteiger partial charge in [-0.3, -0.25) is 14.7 Å². The van der Waals surface area contributed by atoms with Crippen LogP contribution in [0.3, 0.4) is 0 Å². The third-order valence-corrected chi connectivity index (χ3v) is 6.08. The Labute approximate surface area is 197 Å². The number of nitrogens with two attached hydrogens (primary N) is 1. The van der Waals surface area contributed by atoms with E-state index in [4.69, 9.17) is 20.4 Å². The highest BCUT2D eigenvalue weighted by Crippen LogP contribution is 2.39. The molecule has 5 rings (SSSR count). The number of fused-ring (bicyclic) bond motifs is 1. The summed E-state index contributed by atoms with van der Waals surface area (Å²) in [6.45, 7) is 3.38. The first-order valence-corrected chi connectivity index (χ1v) is 11.1. The highest BCUT2D eigenvalue weighted by Gasteiger charge is 2.29. The Balaban J connectivity index is 1.61. The summed E-state index contributed by atoms with van der Waals surface area (Å²) in [7, 11) is 1.36. The van der Waals surface area contributed by atoms with Crippen LogP contribution in [0.2, 0.25) is 0 Å². The smallest absolute Gasteiger partial charge is 0.321 e. The molecule has 1 saturated heterocycles. The topological polar surface area (TPSA) is 118 Å². The van der Waals surface area contributed by atoms with Crippen LogP contribution in [0, 0.1) is 0 Å². The number of rotatable bonds is 4. The Hall–Kier alpha value is -4.05. The maximum Gasteiger partial charge on any atom is 0.321 e. The molecular formula is C24H25N7O3. The second-order valence-electron chi connectivity index (χ2n) is 8.17. The second-order valence-corrected chi connectivity index (χ2v) is 8.17. The van der Waals surface area contributed by atoms with Gasteiger partial charge in [0.15, 0.2) is 0 Å². The van der Waals surface area contributed by atoms with Crippen molar-refractivity contribution in [1.29, 1.82) is 0 Å². The molecule has 4 heterocycles. The van der Waals surface area contributed by atoms with Gasteiger partial charge in [0.1, 0.15) is 5.82 Å². The first-order chi connectivity index (χ1) is 16.5. The SMILES string of the molecule is CN(C(N)=O)C(=O)c1cccc(-c2nc(N3CCOCC3)nc3c2CCN3c2cccnc2)c1.